The number of amidine groups is 1. The average Bonchev–Trinajstić information content (AvgIpc) is 2.53. The predicted molar refractivity (Wildman–Crippen MR) is 87.2 cm³/mol. The summed E-state index contributed by atoms with van der Waals surface area (Å²) in [6, 6.07) is 0.615. The second-order valence-corrected chi connectivity index (χ2v) is 6.24. The van der Waals surface area contributed by atoms with E-state index in [4.69, 9.17) is 4.74 Å². The second-order valence-electron chi connectivity index (χ2n) is 6.24. The van der Waals surface area contributed by atoms with Crippen LogP contribution in [0.2, 0.25) is 0 Å². The van der Waals surface area contributed by atoms with Gasteiger partial charge in [0.05, 0.1) is 6.54 Å². The number of ether oxygens (including phenoxy) is 1. The highest BCUT2D eigenvalue weighted by atomic mass is 16.5. The van der Waals surface area contributed by atoms with Crippen LogP contribution in [0.5, 0.6) is 0 Å². The van der Waals surface area contributed by atoms with Gasteiger partial charge in [-0.15, -0.1) is 0 Å². The monoisotopic (exact) mass is 308 g/mol. The molecule has 0 radical (unpaired) electrons. The normalized spacial score (nSPS) is 23.3. The minimum Gasteiger partial charge on any atom is -0.461 e. The molecule has 3 N–H and O–H groups in total. The first-order valence-electron chi connectivity index (χ1n) is 8.28. The molecule has 5 heteroatoms. The number of aliphatic imine (C=N–C) groups is 1. The lowest BCUT2D eigenvalue weighted by Gasteiger charge is -2.31. The van der Waals surface area contributed by atoms with Gasteiger partial charge in [0.15, 0.2) is 6.29 Å². The fourth-order valence-corrected chi connectivity index (χ4v) is 2.93. The van der Waals surface area contributed by atoms with Gasteiger partial charge in [-0.05, 0) is 49.7 Å². The molecule has 2 rings (SSSR count). The first-order chi connectivity index (χ1) is 10.6. The molecule has 124 valence electrons. The van der Waals surface area contributed by atoms with Crippen molar-refractivity contribution in [1.82, 2.24) is 5.32 Å². The Hall–Kier alpha value is -1.33. The molecule has 1 heterocycles. The van der Waals surface area contributed by atoms with E-state index in [1.54, 1.807) is 0 Å². The number of nitrogens with zero attached hydrogens (tertiary/aromatic N) is 1. The van der Waals surface area contributed by atoms with Gasteiger partial charge in [0.25, 0.3) is 6.02 Å². The van der Waals surface area contributed by atoms with Crippen LogP contribution < -0.4 is 5.32 Å². The summed E-state index contributed by atoms with van der Waals surface area (Å²) in [6.07, 6.45) is 8.50. The SMILES string of the molecule is CCCCC(OC1=NCC(C)=CN1)C1CC=C(C(O)O)CC1. The lowest BCUT2D eigenvalue weighted by atomic mass is 9.84. The zero-order chi connectivity index (χ0) is 15.9. The van der Waals surface area contributed by atoms with Crippen molar-refractivity contribution in [2.75, 3.05) is 6.54 Å². The van der Waals surface area contributed by atoms with E-state index in [2.05, 4.69) is 17.2 Å². The van der Waals surface area contributed by atoms with Crippen molar-refractivity contribution >= 4 is 6.02 Å². The van der Waals surface area contributed by atoms with Gasteiger partial charge in [0.1, 0.15) is 6.10 Å². The van der Waals surface area contributed by atoms with E-state index in [-0.39, 0.29) is 6.10 Å². The van der Waals surface area contributed by atoms with Gasteiger partial charge >= 0.3 is 0 Å². The van der Waals surface area contributed by atoms with Crippen LogP contribution in [0.4, 0.5) is 0 Å². The van der Waals surface area contributed by atoms with E-state index in [0.717, 1.165) is 44.1 Å². The summed E-state index contributed by atoms with van der Waals surface area (Å²) in [4.78, 5) is 4.42. The smallest absolute Gasteiger partial charge is 0.289 e. The Kier molecular flexibility index (Phi) is 6.46. The number of nitrogens with one attached hydrogen (secondary N) is 1. The van der Waals surface area contributed by atoms with E-state index >= 15 is 0 Å². The Balaban J connectivity index is 1.95. The summed E-state index contributed by atoms with van der Waals surface area (Å²) >= 11 is 0. The number of hydrogen-bond acceptors (Lipinski definition) is 5. The number of unbranched alkanes of at least 4 members (excludes halogenated alkanes) is 1. The van der Waals surface area contributed by atoms with Crippen molar-refractivity contribution in [2.24, 2.45) is 10.9 Å². The Morgan fingerprint density at radius 3 is 2.82 bits per heavy atom. The van der Waals surface area contributed by atoms with Crippen LogP contribution in [0.1, 0.15) is 52.4 Å². The van der Waals surface area contributed by atoms with Gasteiger partial charge in [-0.1, -0.05) is 25.8 Å². The molecule has 0 saturated carbocycles. The van der Waals surface area contributed by atoms with Crippen LogP contribution in [0.25, 0.3) is 0 Å². The molecule has 0 amide bonds. The molecule has 0 aromatic heterocycles. The molecule has 1 aliphatic heterocycles. The van der Waals surface area contributed by atoms with Crippen LogP contribution in [0.3, 0.4) is 0 Å². The maximum absolute atomic E-state index is 9.25. The fraction of sp³-hybridized carbons (Fsp3) is 0.706. The minimum atomic E-state index is -1.31. The summed E-state index contributed by atoms with van der Waals surface area (Å²) in [6.45, 7) is 4.91. The molecule has 2 atom stereocenters. The van der Waals surface area contributed by atoms with Gasteiger partial charge in [-0.2, -0.15) is 0 Å². The summed E-state index contributed by atoms with van der Waals surface area (Å²) in [7, 11) is 0. The Bertz CT molecular complexity index is 455. The van der Waals surface area contributed by atoms with Crippen molar-refractivity contribution < 1.29 is 14.9 Å². The maximum Gasteiger partial charge on any atom is 0.289 e. The van der Waals surface area contributed by atoms with Crippen LogP contribution >= 0.6 is 0 Å². The number of aliphatic hydroxyl groups is 2. The van der Waals surface area contributed by atoms with Crippen LogP contribution in [0.15, 0.2) is 28.4 Å². The highest BCUT2D eigenvalue weighted by molar-refractivity contribution is 5.76. The molecule has 5 nitrogen and oxygen atoms in total. The van der Waals surface area contributed by atoms with Crippen molar-refractivity contribution in [3.63, 3.8) is 0 Å². The molecule has 0 saturated heterocycles. The van der Waals surface area contributed by atoms with Gasteiger partial charge < -0.3 is 20.3 Å². The van der Waals surface area contributed by atoms with Crippen molar-refractivity contribution in [2.45, 2.75) is 64.8 Å². The highest BCUT2D eigenvalue weighted by Crippen LogP contribution is 2.31. The molecule has 2 aliphatic rings. The topological polar surface area (TPSA) is 74.1 Å². The van der Waals surface area contributed by atoms with E-state index in [0.29, 0.717) is 18.5 Å². The third-order valence-corrected chi connectivity index (χ3v) is 4.36. The zero-order valence-electron chi connectivity index (χ0n) is 13.6. The third kappa shape index (κ3) is 4.85. The highest BCUT2D eigenvalue weighted by Gasteiger charge is 2.27. The molecule has 0 aromatic carbocycles. The van der Waals surface area contributed by atoms with Crippen molar-refractivity contribution in [3.8, 4) is 0 Å². The number of rotatable bonds is 6. The Labute approximate surface area is 132 Å². The van der Waals surface area contributed by atoms with Crippen molar-refractivity contribution in [1.29, 1.82) is 0 Å². The van der Waals surface area contributed by atoms with Crippen molar-refractivity contribution in [3.05, 3.63) is 23.4 Å². The number of allylic oxidation sites excluding steroid dienone is 1. The lowest BCUT2D eigenvalue weighted by Crippen LogP contribution is -2.35. The molecule has 22 heavy (non-hydrogen) atoms. The van der Waals surface area contributed by atoms with Gasteiger partial charge in [-0.25, -0.2) is 4.99 Å². The fourth-order valence-electron chi connectivity index (χ4n) is 2.93. The molecule has 0 spiro atoms. The molecule has 0 aromatic rings. The number of hydrogen-bond donors (Lipinski definition) is 3. The Morgan fingerprint density at radius 2 is 2.27 bits per heavy atom. The lowest BCUT2D eigenvalue weighted by molar-refractivity contribution is -0.0138. The third-order valence-electron chi connectivity index (χ3n) is 4.36. The van der Waals surface area contributed by atoms with E-state index < -0.39 is 6.29 Å². The summed E-state index contributed by atoms with van der Waals surface area (Å²) in [5.41, 5.74) is 1.93. The van der Waals surface area contributed by atoms with Gasteiger partial charge in [0.2, 0.25) is 0 Å². The largest absolute Gasteiger partial charge is 0.461 e. The standard InChI is InChI=1S/C17H28N2O3/c1-3-4-5-15(22-17-18-10-12(2)11-19-17)13-6-8-14(9-7-13)16(20)21/h8,10,13,15-16,20-21H,3-7,9,11H2,1-2H3,(H,18,19). The average molecular weight is 308 g/mol. The molecule has 0 bridgehead atoms. The molecule has 2 unspecified atom stereocenters. The second kappa shape index (κ2) is 8.34. The summed E-state index contributed by atoms with van der Waals surface area (Å²) < 4.78 is 6.12. The first-order valence-corrected chi connectivity index (χ1v) is 8.28. The van der Waals surface area contributed by atoms with Crippen LogP contribution in [-0.4, -0.2) is 35.2 Å². The Morgan fingerprint density at radius 1 is 1.45 bits per heavy atom. The van der Waals surface area contributed by atoms with E-state index in [1.807, 2.05) is 19.2 Å². The molecular formula is C17H28N2O3. The quantitative estimate of drug-likeness (QED) is 0.520. The van der Waals surface area contributed by atoms with E-state index in [9.17, 15) is 10.2 Å². The maximum atomic E-state index is 9.25. The molecular weight excluding hydrogens is 280 g/mol. The van der Waals surface area contributed by atoms with Gasteiger partial charge in [-0.3, -0.25) is 0 Å². The summed E-state index contributed by atoms with van der Waals surface area (Å²) in [5, 5.41) is 21.6. The molecule has 1 aliphatic carbocycles. The first kappa shape index (κ1) is 17.0. The van der Waals surface area contributed by atoms with E-state index in [1.165, 1.54) is 5.57 Å². The predicted octanol–water partition coefficient (Wildman–Crippen LogP) is 2.46. The minimum absolute atomic E-state index is 0.131. The van der Waals surface area contributed by atoms with Crippen LogP contribution in [0, 0.1) is 5.92 Å². The molecule has 0 fully saturated rings. The van der Waals surface area contributed by atoms with Gasteiger partial charge in [0, 0.05) is 6.20 Å². The van der Waals surface area contributed by atoms with Crippen LogP contribution in [-0.2, 0) is 4.74 Å². The summed E-state index contributed by atoms with van der Waals surface area (Å²) in [5.74, 6) is 0.408. The number of aliphatic hydroxyl groups excluding tert-OH is 1. The zero-order valence-corrected chi connectivity index (χ0v) is 13.6.